The maximum absolute atomic E-state index is 12.8. The van der Waals surface area contributed by atoms with Gasteiger partial charge in [-0.1, -0.05) is 30.3 Å². The number of nitrogens with zero attached hydrogens (tertiary/aromatic N) is 2. The molecule has 0 saturated heterocycles. The van der Waals surface area contributed by atoms with E-state index >= 15 is 0 Å². The lowest BCUT2D eigenvalue weighted by Crippen LogP contribution is -2.15. The Morgan fingerprint density at radius 1 is 1.09 bits per heavy atom. The largest absolute Gasteiger partial charge is 0.497 e. The van der Waals surface area contributed by atoms with Crippen LogP contribution in [0.2, 0.25) is 0 Å². The van der Waals surface area contributed by atoms with Gasteiger partial charge < -0.3 is 15.4 Å². The van der Waals surface area contributed by atoms with Crippen molar-refractivity contribution in [3.8, 4) is 11.8 Å². The highest BCUT2D eigenvalue weighted by molar-refractivity contribution is 14.1. The Bertz CT molecular complexity index is 1320. The van der Waals surface area contributed by atoms with E-state index in [2.05, 4.69) is 44.3 Å². The second-order valence-corrected chi connectivity index (χ2v) is 8.25. The molecule has 32 heavy (non-hydrogen) atoms. The van der Waals surface area contributed by atoms with Gasteiger partial charge in [-0.3, -0.25) is 4.79 Å². The van der Waals surface area contributed by atoms with Crippen LogP contribution in [0.5, 0.6) is 5.75 Å². The number of halogens is 1. The van der Waals surface area contributed by atoms with Crippen LogP contribution in [0.15, 0.2) is 72.8 Å². The Morgan fingerprint density at radius 3 is 2.53 bits per heavy atom. The predicted octanol–water partition coefficient (Wildman–Crippen LogP) is 5.58. The van der Waals surface area contributed by atoms with Crippen molar-refractivity contribution >= 4 is 50.9 Å². The van der Waals surface area contributed by atoms with E-state index in [1.807, 2.05) is 48.5 Å². The molecule has 0 radical (unpaired) electrons. The highest BCUT2D eigenvalue weighted by atomic mass is 127. The van der Waals surface area contributed by atoms with Crippen LogP contribution < -0.4 is 15.4 Å². The van der Waals surface area contributed by atoms with Gasteiger partial charge in [-0.25, -0.2) is 4.98 Å². The number of nitriles is 1. The third-order valence-corrected chi connectivity index (χ3v) is 5.63. The van der Waals surface area contributed by atoms with E-state index in [-0.39, 0.29) is 17.3 Å². The molecule has 1 heterocycles. The first-order valence-electron chi connectivity index (χ1n) is 9.85. The summed E-state index contributed by atoms with van der Waals surface area (Å²) in [5.74, 6) is 0.526. The number of hydrogen-bond acceptors (Lipinski definition) is 5. The van der Waals surface area contributed by atoms with Gasteiger partial charge >= 0.3 is 0 Å². The second-order valence-electron chi connectivity index (χ2n) is 7.01. The minimum Gasteiger partial charge on any atom is -0.497 e. The van der Waals surface area contributed by atoms with E-state index in [4.69, 9.17) is 4.74 Å². The Kier molecular flexibility index (Phi) is 6.52. The van der Waals surface area contributed by atoms with Crippen LogP contribution in [0.25, 0.3) is 10.9 Å². The monoisotopic (exact) mass is 534 g/mol. The summed E-state index contributed by atoms with van der Waals surface area (Å²) in [6.07, 6.45) is 0. The molecule has 0 bridgehead atoms. The van der Waals surface area contributed by atoms with Gasteiger partial charge in [0, 0.05) is 21.1 Å². The summed E-state index contributed by atoms with van der Waals surface area (Å²) in [7, 11) is 1.57. The fourth-order valence-electron chi connectivity index (χ4n) is 3.33. The summed E-state index contributed by atoms with van der Waals surface area (Å²) in [5, 5.41) is 17.0. The lowest BCUT2D eigenvalue weighted by molar-refractivity contribution is 0.102. The first-order valence-corrected chi connectivity index (χ1v) is 10.9. The van der Waals surface area contributed by atoms with Crippen molar-refractivity contribution in [1.29, 1.82) is 5.26 Å². The molecule has 7 heteroatoms. The lowest BCUT2D eigenvalue weighted by atomic mass is 10.1. The number of benzene rings is 3. The third kappa shape index (κ3) is 4.65. The van der Waals surface area contributed by atoms with Crippen molar-refractivity contribution in [2.45, 2.75) is 6.54 Å². The Balaban J connectivity index is 1.74. The van der Waals surface area contributed by atoms with E-state index in [1.165, 1.54) is 0 Å². The maximum atomic E-state index is 12.8. The van der Waals surface area contributed by atoms with E-state index < -0.39 is 0 Å². The van der Waals surface area contributed by atoms with Gasteiger partial charge in [0.05, 0.1) is 18.3 Å². The van der Waals surface area contributed by atoms with Crippen LogP contribution >= 0.6 is 22.6 Å². The number of anilines is 2. The van der Waals surface area contributed by atoms with E-state index in [0.29, 0.717) is 29.1 Å². The topological polar surface area (TPSA) is 87.0 Å². The summed E-state index contributed by atoms with van der Waals surface area (Å²) in [6.45, 7) is 0.534. The number of rotatable bonds is 6. The fraction of sp³-hybridized carbons (Fsp3) is 0.0800. The molecule has 1 aromatic heterocycles. The molecule has 4 rings (SSSR count). The molecule has 0 aliphatic carbocycles. The van der Waals surface area contributed by atoms with Gasteiger partial charge in [0.15, 0.2) is 5.82 Å². The average Bonchev–Trinajstić information content (AvgIpc) is 2.83. The number of fused-ring (bicyclic) bond motifs is 1. The zero-order chi connectivity index (χ0) is 22.5. The van der Waals surface area contributed by atoms with Crippen LogP contribution in [0.4, 0.5) is 11.5 Å². The van der Waals surface area contributed by atoms with Gasteiger partial charge in [0.25, 0.3) is 5.91 Å². The molecule has 0 aliphatic heterocycles. The van der Waals surface area contributed by atoms with Crippen LogP contribution in [0.1, 0.15) is 21.5 Å². The summed E-state index contributed by atoms with van der Waals surface area (Å²) < 4.78 is 6.17. The van der Waals surface area contributed by atoms with Crippen molar-refractivity contribution < 1.29 is 9.53 Å². The highest BCUT2D eigenvalue weighted by Gasteiger charge is 2.18. The molecule has 158 valence electrons. The smallest absolute Gasteiger partial charge is 0.256 e. The van der Waals surface area contributed by atoms with Crippen LogP contribution in [-0.4, -0.2) is 18.0 Å². The number of nitrogens with one attached hydrogen (secondary N) is 2. The molecule has 0 fully saturated rings. The molecule has 0 spiro atoms. The molecule has 0 aliphatic rings. The zero-order valence-corrected chi connectivity index (χ0v) is 19.4. The first kappa shape index (κ1) is 21.6. The fourth-order valence-corrected chi connectivity index (χ4v) is 3.82. The average molecular weight is 534 g/mol. The van der Waals surface area contributed by atoms with Gasteiger partial charge in [0.1, 0.15) is 17.4 Å². The molecular formula is C25H19IN4O2. The van der Waals surface area contributed by atoms with E-state index in [1.54, 1.807) is 31.4 Å². The van der Waals surface area contributed by atoms with Gasteiger partial charge in [-0.05, 0) is 70.6 Å². The van der Waals surface area contributed by atoms with Crippen molar-refractivity contribution in [3.63, 3.8) is 0 Å². The molecule has 0 atom stereocenters. The summed E-state index contributed by atoms with van der Waals surface area (Å²) in [6, 6.07) is 24.7. The normalized spacial score (nSPS) is 10.4. The molecule has 6 nitrogen and oxygen atoms in total. The number of ether oxygens (including phenoxy) is 1. The predicted molar refractivity (Wildman–Crippen MR) is 134 cm³/mol. The quantitative estimate of drug-likeness (QED) is 0.316. The first-order chi connectivity index (χ1) is 15.6. The van der Waals surface area contributed by atoms with Crippen molar-refractivity contribution in [1.82, 2.24) is 4.98 Å². The van der Waals surface area contributed by atoms with Crippen LogP contribution in [0.3, 0.4) is 0 Å². The SMILES string of the molecule is COc1ccc(C(=O)Nc2nc3ccc(I)cc3c(NCc3ccccc3)c2C#N)cc1. The molecule has 0 saturated carbocycles. The minimum atomic E-state index is -0.351. The number of pyridine rings is 1. The number of hydrogen-bond donors (Lipinski definition) is 2. The zero-order valence-electron chi connectivity index (χ0n) is 17.2. The Morgan fingerprint density at radius 2 is 1.84 bits per heavy atom. The molecule has 1 amide bonds. The lowest BCUT2D eigenvalue weighted by Gasteiger charge is -2.16. The Hall–Kier alpha value is -3.64. The molecule has 4 aromatic rings. The van der Waals surface area contributed by atoms with Gasteiger partial charge in [0.2, 0.25) is 0 Å². The number of carbonyl (C=O) groups is 1. The highest BCUT2D eigenvalue weighted by Crippen LogP contribution is 2.32. The molecule has 3 aromatic carbocycles. The van der Waals surface area contributed by atoms with Gasteiger partial charge in [-0.15, -0.1) is 0 Å². The summed E-state index contributed by atoms with van der Waals surface area (Å²) >= 11 is 2.23. The molecule has 2 N–H and O–H groups in total. The van der Waals surface area contributed by atoms with Crippen molar-refractivity contribution in [2.75, 3.05) is 17.7 Å². The third-order valence-electron chi connectivity index (χ3n) is 4.96. The van der Waals surface area contributed by atoms with Crippen LogP contribution in [0, 0.1) is 14.9 Å². The number of aromatic nitrogens is 1. The Labute approximate surface area is 199 Å². The second kappa shape index (κ2) is 9.66. The molecular weight excluding hydrogens is 515 g/mol. The van der Waals surface area contributed by atoms with Gasteiger partial charge in [-0.2, -0.15) is 5.26 Å². The van der Waals surface area contributed by atoms with Crippen molar-refractivity contribution in [2.24, 2.45) is 0 Å². The summed E-state index contributed by atoms with van der Waals surface area (Å²) in [4.78, 5) is 17.4. The maximum Gasteiger partial charge on any atom is 0.256 e. The number of amides is 1. The van der Waals surface area contributed by atoms with Crippen molar-refractivity contribution in [3.05, 3.63) is 93.1 Å². The summed E-state index contributed by atoms with van der Waals surface area (Å²) in [5.41, 5.74) is 3.14. The number of methoxy groups -OCH3 is 1. The van der Waals surface area contributed by atoms with E-state index in [0.717, 1.165) is 14.5 Å². The minimum absolute atomic E-state index is 0.220. The van der Waals surface area contributed by atoms with Crippen LogP contribution in [-0.2, 0) is 6.54 Å². The van der Waals surface area contributed by atoms with E-state index in [9.17, 15) is 10.1 Å². The number of carbonyl (C=O) groups excluding carboxylic acids is 1. The molecule has 0 unspecified atom stereocenters. The standard InChI is InChI=1S/C25H19IN4O2/c1-32-19-10-7-17(8-11-19)25(31)30-24-21(14-27)23(28-15-16-5-3-2-4-6-16)20-13-18(26)9-12-22(20)29-24/h2-13H,15H2,1H3,(H2,28,29,30,31).